The highest BCUT2D eigenvalue weighted by Gasteiger charge is 2.33. The first-order valence-electron chi connectivity index (χ1n) is 6.90. The number of hydroxylamine groups is 2. The molecule has 0 radical (unpaired) electrons. The SMILES string of the molecule is CC(F)(F)c1nc(-c2ccc(CN3OCCC3=O)c(F)c2F)no1. The molecule has 0 unspecified atom stereocenters. The molecule has 2 aromatic rings. The quantitative estimate of drug-likeness (QED) is 0.797. The molecular weight excluding hydrogens is 334 g/mol. The number of carbonyl (C=O) groups excluding carboxylic acids is 1. The number of halogens is 4. The van der Waals surface area contributed by atoms with E-state index < -0.39 is 34.8 Å². The maximum absolute atomic E-state index is 14.2. The lowest BCUT2D eigenvalue weighted by atomic mass is 10.1. The second-order valence-corrected chi connectivity index (χ2v) is 5.23. The molecule has 1 aliphatic heterocycles. The summed E-state index contributed by atoms with van der Waals surface area (Å²) in [7, 11) is 0. The fourth-order valence-electron chi connectivity index (χ4n) is 2.12. The van der Waals surface area contributed by atoms with Gasteiger partial charge in [0, 0.05) is 12.5 Å². The Kier molecular flexibility index (Phi) is 3.99. The highest BCUT2D eigenvalue weighted by atomic mass is 19.3. The molecule has 24 heavy (non-hydrogen) atoms. The van der Waals surface area contributed by atoms with E-state index in [1.165, 1.54) is 6.07 Å². The van der Waals surface area contributed by atoms with Crippen LogP contribution in [-0.4, -0.2) is 27.7 Å². The van der Waals surface area contributed by atoms with Gasteiger partial charge in [0.1, 0.15) is 0 Å². The van der Waals surface area contributed by atoms with E-state index in [0.29, 0.717) is 6.92 Å². The molecule has 2 heterocycles. The average molecular weight is 345 g/mol. The van der Waals surface area contributed by atoms with Crippen molar-refractivity contribution >= 4 is 5.91 Å². The normalized spacial score (nSPS) is 15.4. The molecule has 128 valence electrons. The van der Waals surface area contributed by atoms with Crippen molar-refractivity contribution in [3.63, 3.8) is 0 Å². The number of hydrogen-bond acceptors (Lipinski definition) is 5. The summed E-state index contributed by atoms with van der Waals surface area (Å²) in [5.74, 6) is -7.81. The van der Waals surface area contributed by atoms with E-state index in [1.54, 1.807) is 0 Å². The van der Waals surface area contributed by atoms with Crippen molar-refractivity contribution in [1.82, 2.24) is 15.2 Å². The summed E-state index contributed by atoms with van der Waals surface area (Å²) in [6, 6.07) is 2.32. The second kappa shape index (κ2) is 5.86. The Hall–Kier alpha value is -2.49. The first-order chi connectivity index (χ1) is 11.3. The minimum absolute atomic E-state index is 0.129. The van der Waals surface area contributed by atoms with Gasteiger partial charge in [0.15, 0.2) is 11.6 Å². The van der Waals surface area contributed by atoms with Gasteiger partial charge in [-0.05, 0) is 6.07 Å². The predicted octanol–water partition coefficient (Wildman–Crippen LogP) is 2.79. The van der Waals surface area contributed by atoms with Gasteiger partial charge in [0.25, 0.3) is 5.89 Å². The van der Waals surface area contributed by atoms with Crippen molar-refractivity contribution in [1.29, 1.82) is 0 Å². The Balaban J connectivity index is 1.90. The zero-order valence-corrected chi connectivity index (χ0v) is 12.4. The van der Waals surface area contributed by atoms with Crippen LogP contribution in [0.3, 0.4) is 0 Å². The number of aromatic nitrogens is 2. The van der Waals surface area contributed by atoms with E-state index in [9.17, 15) is 22.4 Å². The molecule has 0 saturated carbocycles. The molecule has 1 aromatic carbocycles. The molecule has 10 heteroatoms. The lowest BCUT2D eigenvalue weighted by Crippen LogP contribution is -2.23. The fraction of sp³-hybridized carbons (Fsp3) is 0.357. The standard InChI is InChI=1S/C14H11F4N3O3/c1-14(17,18)13-19-12(20-24-13)8-3-2-7(10(15)11(8)16)6-21-9(22)4-5-23-21/h2-3H,4-6H2,1H3. The predicted molar refractivity (Wildman–Crippen MR) is 70.3 cm³/mol. The van der Waals surface area contributed by atoms with Gasteiger partial charge in [-0.3, -0.25) is 9.63 Å². The Morgan fingerprint density at radius 2 is 2.04 bits per heavy atom. The first kappa shape index (κ1) is 16.4. The summed E-state index contributed by atoms with van der Waals surface area (Å²) in [4.78, 5) is 19.8. The van der Waals surface area contributed by atoms with E-state index in [2.05, 4.69) is 14.7 Å². The van der Waals surface area contributed by atoms with Crippen molar-refractivity contribution in [2.24, 2.45) is 0 Å². The number of hydrogen-bond donors (Lipinski definition) is 0. The monoisotopic (exact) mass is 345 g/mol. The zero-order valence-electron chi connectivity index (χ0n) is 12.4. The molecule has 0 spiro atoms. The highest BCUT2D eigenvalue weighted by Crippen LogP contribution is 2.30. The van der Waals surface area contributed by atoms with Crippen molar-refractivity contribution in [3.8, 4) is 11.4 Å². The summed E-state index contributed by atoms with van der Waals surface area (Å²) >= 11 is 0. The molecule has 1 saturated heterocycles. The molecule has 0 bridgehead atoms. The highest BCUT2D eigenvalue weighted by molar-refractivity contribution is 5.76. The van der Waals surface area contributed by atoms with Crippen LogP contribution >= 0.6 is 0 Å². The number of alkyl halides is 2. The van der Waals surface area contributed by atoms with E-state index in [4.69, 9.17) is 4.84 Å². The molecule has 0 atom stereocenters. The Morgan fingerprint density at radius 3 is 2.62 bits per heavy atom. The van der Waals surface area contributed by atoms with Crippen LogP contribution in [0.5, 0.6) is 0 Å². The molecule has 6 nitrogen and oxygen atoms in total. The van der Waals surface area contributed by atoms with Crippen LogP contribution < -0.4 is 0 Å². The summed E-state index contributed by atoms with van der Waals surface area (Å²) in [5.41, 5.74) is -0.555. The summed E-state index contributed by atoms with van der Waals surface area (Å²) < 4.78 is 58.9. The lowest BCUT2D eigenvalue weighted by molar-refractivity contribution is -0.164. The number of nitrogens with zero attached hydrogens (tertiary/aromatic N) is 3. The maximum atomic E-state index is 14.2. The number of benzene rings is 1. The minimum Gasteiger partial charge on any atom is -0.332 e. The van der Waals surface area contributed by atoms with Gasteiger partial charge in [0.05, 0.1) is 25.1 Å². The molecule has 1 aliphatic rings. The third-order valence-corrected chi connectivity index (χ3v) is 3.36. The van der Waals surface area contributed by atoms with Crippen LogP contribution in [0.15, 0.2) is 16.7 Å². The fourth-order valence-corrected chi connectivity index (χ4v) is 2.12. The van der Waals surface area contributed by atoms with Crippen molar-refractivity contribution in [2.45, 2.75) is 25.8 Å². The van der Waals surface area contributed by atoms with Gasteiger partial charge in [-0.15, -0.1) is 0 Å². The first-order valence-corrected chi connectivity index (χ1v) is 6.90. The average Bonchev–Trinajstić information content (AvgIpc) is 3.14. The van der Waals surface area contributed by atoms with Gasteiger partial charge in [0.2, 0.25) is 11.7 Å². The van der Waals surface area contributed by atoms with Crippen molar-refractivity contribution in [2.75, 3.05) is 6.61 Å². The summed E-state index contributed by atoms with van der Waals surface area (Å²) in [6.45, 7) is 0.446. The Bertz CT molecular complexity index is 788. The molecule has 0 aliphatic carbocycles. The van der Waals surface area contributed by atoms with Gasteiger partial charge < -0.3 is 4.52 Å². The third kappa shape index (κ3) is 2.96. The van der Waals surface area contributed by atoms with Crippen LogP contribution in [0, 0.1) is 11.6 Å². The third-order valence-electron chi connectivity index (χ3n) is 3.36. The molecular formula is C14H11F4N3O3. The van der Waals surface area contributed by atoms with E-state index in [-0.39, 0.29) is 31.0 Å². The number of carbonyl (C=O) groups is 1. The number of rotatable bonds is 4. The van der Waals surface area contributed by atoms with Gasteiger partial charge in [-0.2, -0.15) is 13.8 Å². The second-order valence-electron chi connectivity index (χ2n) is 5.23. The van der Waals surface area contributed by atoms with Gasteiger partial charge >= 0.3 is 5.92 Å². The van der Waals surface area contributed by atoms with Crippen LogP contribution in [0.1, 0.15) is 24.8 Å². The summed E-state index contributed by atoms with van der Waals surface area (Å²) in [5, 5.41) is 4.17. The Morgan fingerprint density at radius 1 is 1.29 bits per heavy atom. The van der Waals surface area contributed by atoms with E-state index >= 15 is 0 Å². The van der Waals surface area contributed by atoms with Crippen LogP contribution in [0.4, 0.5) is 17.6 Å². The summed E-state index contributed by atoms with van der Waals surface area (Å²) in [6.07, 6.45) is 0.166. The molecule has 1 fully saturated rings. The van der Waals surface area contributed by atoms with Gasteiger partial charge in [-0.25, -0.2) is 13.8 Å². The molecule has 3 rings (SSSR count). The largest absolute Gasteiger partial charge is 0.332 e. The van der Waals surface area contributed by atoms with E-state index in [1.807, 2.05) is 0 Å². The topological polar surface area (TPSA) is 68.5 Å². The molecule has 0 N–H and O–H groups in total. The van der Waals surface area contributed by atoms with Crippen LogP contribution in [0.2, 0.25) is 0 Å². The molecule has 1 aromatic heterocycles. The molecule has 1 amide bonds. The smallest absolute Gasteiger partial charge is 0.322 e. The van der Waals surface area contributed by atoms with Gasteiger partial charge in [-0.1, -0.05) is 11.2 Å². The van der Waals surface area contributed by atoms with Crippen molar-refractivity contribution < 1.29 is 31.7 Å². The van der Waals surface area contributed by atoms with E-state index in [0.717, 1.165) is 11.1 Å². The van der Waals surface area contributed by atoms with Crippen molar-refractivity contribution in [3.05, 3.63) is 35.2 Å². The lowest BCUT2D eigenvalue weighted by Gasteiger charge is -2.15. The minimum atomic E-state index is -3.40. The zero-order chi connectivity index (χ0) is 17.5. The van der Waals surface area contributed by atoms with Crippen LogP contribution in [0.25, 0.3) is 11.4 Å². The van der Waals surface area contributed by atoms with Crippen LogP contribution in [-0.2, 0) is 22.1 Å². The maximum Gasteiger partial charge on any atom is 0.322 e. The Labute approximate surface area is 133 Å². The number of amides is 1.